The van der Waals surface area contributed by atoms with E-state index in [1.807, 2.05) is 31.5 Å². The average Bonchev–Trinajstić information content (AvgIpc) is 3.77. The third kappa shape index (κ3) is 10.1. The summed E-state index contributed by atoms with van der Waals surface area (Å²) in [4.78, 5) is 31.9. The summed E-state index contributed by atoms with van der Waals surface area (Å²) in [6.07, 6.45) is 16.2. The molecule has 2 aromatic heterocycles. The van der Waals surface area contributed by atoms with Crippen molar-refractivity contribution >= 4 is 12.0 Å². The number of nitrogens with zero attached hydrogens (tertiary/aromatic N) is 6. The predicted octanol–water partition coefficient (Wildman–Crippen LogP) is 5.61. The monoisotopic (exact) mass is 615 g/mol. The summed E-state index contributed by atoms with van der Waals surface area (Å²) in [6, 6.07) is 8.30. The fourth-order valence-corrected chi connectivity index (χ4v) is 6.95. The molecule has 4 heterocycles. The van der Waals surface area contributed by atoms with Crippen LogP contribution in [0, 0.1) is 10.8 Å². The summed E-state index contributed by atoms with van der Waals surface area (Å²) in [5.41, 5.74) is 3.08. The molecule has 0 aliphatic carbocycles. The van der Waals surface area contributed by atoms with Crippen LogP contribution >= 0.6 is 0 Å². The van der Waals surface area contributed by atoms with Gasteiger partial charge in [-0.05, 0) is 86.8 Å². The number of imidazole rings is 2. The Morgan fingerprint density at radius 2 is 1.76 bits per heavy atom. The van der Waals surface area contributed by atoms with Crippen LogP contribution in [0.1, 0.15) is 76.2 Å². The number of benzene rings is 1. The van der Waals surface area contributed by atoms with Crippen LogP contribution in [0.25, 0.3) is 6.08 Å². The van der Waals surface area contributed by atoms with Crippen LogP contribution in [-0.2, 0) is 35.7 Å². The maximum Gasteiger partial charge on any atom is 0.330 e. The first-order chi connectivity index (χ1) is 21.7. The maximum absolute atomic E-state index is 11.7. The van der Waals surface area contributed by atoms with Gasteiger partial charge in [-0.15, -0.1) is 0 Å². The molecule has 0 atom stereocenters. The third-order valence-corrected chi connectivity index (χ3v) is 9.18. The van der Waals surface area contributed by atoms with E-state index in [2.05, 4.69) is 68.3 Å². The largest absolute Gasteiger partial charge is 0.463 e. The van der Waals surface area contributed by atoms with Crippen molar-refractivity contribution in [3.05, 3.63) is 77.9 Å². The zero-order valence-electron chi connectivity index (χ0n) is 27.9. The van der Waals surface area contributed by atoms with E-state index in [-0.39, 0.29) is 5.97 Å². The molecule has 244 valence electrons. The Morgan fingerprint density at radius 1 is 1.00 bits per heavy atom. The molecule has 0 amide bonds. The number of rotatable bonds is 14. The second-order valence-corrected chi connectivity index (χ2v) is 14.3. The molecule has 2 fully saturated rings. The second-order valence-electron chi connectivity index (χ2n) is 14.3. The number of piperidine rings is 1. The van der Waals surface area contributed by atoms with Crippen LogP contribution < -0.4 is 0 Å². The molecular formula is C36H53N7O2. The number of nitrogens with one attached hydrogen (secondary N) is 1. The highest BCUT2D eigenvalue weighted by Gasteiger charge is 2.40. The van der Waals surface area contributed by atoms with E-state index < -0.39 is 0 Å². The summed E-state index contributed by atoms with van der Waals surface area (Å²) in [6.45, 7) is 19.8. The first-order valence-electron chi connectivity index (χ1n) is 16.8. The lowest BCUT2D eigenvalue weighted by molar-refractivity contribution is -0.137. The highest BCUT2D eigenvalue weighted by Crippen LogP contribution is 2.40. The fraction of sp³-hybridized carbons (Fsp3) is 0.583. The number of ether oxygens (including phenoxy) is 1. The van der Waals surface area contributed by atoms with Gasteiger partial charge in [0.15, 0.2) is 0 Å². The van der Waals surface area contributed by atoms with Gasteiger partial charge >= 0.3 is 5.97 Å². The van der Waals surface area contributed by atoms with Crippen LogP contribution in [0.15, 0.2) is 55.1 Å². The molecule has 45 heavy (non-hydrogen) atoms. The zero-order chi connectivity index (χ0) is 31.7. The SMILES string of the molecule is CCOC(=O)/C=C/c1ccc(CN(Cc2ncc[nH]2)Cc2nccn2CCCN2CCC3(CCN(CC(C)(C)C)CC3)C2)cc1. The van der Waals surface area contributed by atoms with Gasteiger partial charge in [-0.2, -0.15) is 0 Å². The van der Waals surface area contributed by atoms with Gasteiger partial charge in [0.1, 0.15) is 11.6 Å². The molecule has 0 unspecified atom stereocenters. The first-order valence-corrected chi connectivity index (χ1v) is 16.8. The van der Waals surface area contributed by atoms with Crippen molar-refractivity contribution < 1.29 is 9.53 Å². The molecule has 0 radical (unpaired) electrons. The summed E-state index contributed by atoms with van der Waals surface area (Å²) in [5.74, 6) is 1.70. The molecule has 3 aromatic rings. The first kappa shape index (κ1) is 33.1. The van der Waals surface area contributed by atoms with Crippen molar-refractivity contribution in [3.8, 4) is 0 Å². The van der Waals surface area contributed by atoms with Crippen LogP contribution in [0.4, 0.5) is 0 Å². The minimum atomic E-state index is -0.321. The van der Waals surface area contributed by atoms with E-state index in [1.165, 1.54) is 63.6 Å². The van der Waals surface area contributed by atoms with E-state index in [0.717, 1.165) is 49.8 Å². The van der Waals surface area contributed by atoms with E-state index in [4.69, 9.17) is 9.72 Å². The lowest BCUT2D eigenvalue weighted by atomic mass is 9.77. The molecular weight excluding hydrogens is 562 g/mol. The Morgan fingerprint density at radius 3 is 2.44 bits per heavy atom. The third-order valence-electron chi connectivity index (χ3n) is 9.18. The quantitative estimate of drug-likeness (QED) is 0.187. The lowest BCUT2D eigenvalue weighted by Crippen LogP contribution is -2.44. The summed E-state index contributed by atoms with van der Waals surface area (Å²) >= 11 is 0. The number of aromatic nitrogens is 4. The Labute approximate surface area is 269 Å². The molecule has 5 rings (SSSR count). The number of H-pyrrole nitrogens is 1. The van der Waals surface area contributed by atoms with Gasteiger partial charge in [-0.1, -0.05) is 45.0 Å². The van der Waals surface area contributed by atoms with Gasteiger partial charge in [-0.3, -0.25) is 4.90 Å². The molecule has 1 spiro atoms. The van der Waals surface area contributed by atoms with E-state index >= 15 is 0 Å². The summed E-state index contributed by atoms with van der Waals surface area (Å²) < 4.78 is 7.31. The van der Waals surface area contributed by atoms with E-state index in [0.29, 0.717) is 24.0 Å². The number of likely N-dealkylation sites (tertiary alicyclic amines) is 2. The van der Waals surface area contributed by atoms with Gasteiger partial charge in [0.2, 0.25) is 0 Å². The molecule has 2 saturated heterocycles. The molecule has 2 aliphatic heterocycles. The highest BCUT2D eigenvalue weighted by atomic mass is 16.5. The van der Waals surface area contributed by atoms with Gasteiger partial charge < -0.3 is 24.1 Å². The summed E-state index contributed by atoms with van der Waals surface area (Å²) in [5, 5.41) is 0. The Bertz CT molecular complexity index is 1350. The smallest absolute Gasteiger partial charge is 0.330 e. The molecule has 0 bridgehead atoms. The van der Waals surface area contributed by atoms with Gasteiger partial charge in [0, 0.05) is 57.0 Å². The van der Waals surface area contributed by atoms with Gasteiger partial charge in [0.05, 0.1) is 19.7 Å². The van der Waals surface area contributed by atoms with Crippen LogP contribution in [0.5, 0.6) is 0 Å². The number of carbonyl (C=O) groups excluding carboxylic acids is 1. The Hall–Kier alpha value is -3.27. The number of hydrogen-bond donors (Lipinski definition) is 1. The molecule has 2 aliphatic rings. The Kier molecular flexibility index (Phi) is 11.3. The fourth-order valence-electron chi connectivity index (χ4n) is 6.95. The average molecular weight is 616 g/mol. The number of hydrogen-bond acceptors (Lipinski definition) is 7. The predicted molar refractivity (Wildman–Crippen MR) is 179 cm³/mol. The second kappa shape index (κ2) is 15.3. The minimum Gasteiger partial charge on any atom is -0.463 e. The maximum atomic E-state index is 11.7. The molecule has 0 saturated carbocycles. The molecule has 9 heteroatoms. The highest BCUT2D eigenvalue weighted by molar-refractivity contribution is 5.87. The number of carbonyl (C=O) groups is 1. The van der Waals surface area contributed by atoms with Crippen LogP contribution in [0.2, 0.25) is 0 Å². The van der Waals surface area contributed by atoms with Crippen molar-refractivity contribution in [2.45, 2.75) is 79.6 Å². The van der Waals surface area contributed by atoms with Crippen LogP contribution in [-0.4, -0.2) is 86.1 Å². The topological polar surface area (TPSA) is 82.5 Å². The Balaban J connectivity index is 1.12. The zero-order valence-corrected chi connectivity index (χ0v) is 27.9. The van der Waals surface area contributed by atoms with E-state index in [9.17, 15) is 4.79 Å². The van der Waals surface area contributed by atoms with Crippen LogP contribution in [0.3, 0.4) is 0 Å². The number of aryl methyl sites for hydroxylation is 1. The van der Waals surface area contributed by atoms with Crippen molar-refractivity contribution in [1.29, 1.82) is 0 Å². The molecule has 1 N–H and O–H groups in total. The summed E-state index contributed by atoms with van der Waals surface area (Å²) in [7, 11) is 0. The van der Waals surface area contributed by atoms with Crippen molar-refractivity contribution in [1.82, 2.24) is 34.2 Å². The number of aromatic amines is 1. The van der Waals surface area contributed by atoms with E-state index in [1.54, 1.807) is 12.3 Å². The van der Waals surface area contributed by atoms with Crippen molar-refractivity contribution in [2.24, 2.45) is 10.8 Å². The van der Waals surface area contributed by atoms with Gasteiger partial charge in [-0.25, -0.2) is 14.8 Å². The van der Waals surface area contributed by atoms with Gasteiger partial charge in [0.25, 0.3) is 0 Å². The standard InChI is InChI=1S/C36H53N7O2/c1-5-45-34(44)12-11-30-7-9-31(10-8-30)25-42(26-32-37-16-17-38-32)27-33-39-18-24-43(33)20-6-19-40-21-13-36(29-40)14-22-41(23-15-36)28-35(2,3)4/h7-12,16-18,24H,5-6,13-15,19-23,25-29H2,1-4H3,(H,37,38)/b12-11+. The lowest BCUT2D eigenvalue weighted by Gasteiger charge is -2.41. The molecule has 1 aromatic carbocycles. The van der Waals surface area contributed by atoms with Crippen molar-refractivity contribution in [2.75, 3.05) is 45.9 Å². The normalized spacial score (nSPS) is 17.6. The number of esters is 1. The molecule has 9 nitrogen and oxygen atoms in total. The minimum absolute atomic E-state index is 0.321. The van der Waals surface area contributed by atoms with Crippen molar-refractivity contribution in [3.63, 3.8) is 0 Å².